The Labute approximate surface area is 191 Å². The fourth-order valence-corrected chi connectivity index (χ4v) is 4.46. The van der Waals surface area contributed by atoms with Crippen LogP contribution in [0.15, 0.2) is 24.3 Å². The van der Waals surface area contributed by atoms with Crippen LogP contribution in [0.3, 0.4) is 0 Å². The number of carbonyl (C=O) groups excluding carboxylic acids is 3. The SMILES string of the molecule is CN(C)[C@H]1C[C@@H](C(N)=O)N(C(=O)[C@@H]2C[C@H](S)CN2C(=O)OCc2ccc([N+](=O)[O-])cc2)C1. The van der Waals surface area contributed by atoms with Gasteiger partial charge in [0, 0.05) is 36.5 Å². The summed E-state index contributed by atoms with van der Waals surface area (Å²) in [5.74, 6) is -0.919. The number of carbonyl (C=O) groups is 3. The van der Waals surface area contributed by atoms with Crippen molar-refractivity contribution in [1.29, 1.82) is 0 Å². The maximum absolute atomic E-state index is 13.3. The van der Waals surface area contributed by atoms with Crippen molar-refractivity contribution in [3.63, 3.8) is 0 Å². The average molecular weight is 466 g/mol. The van der Waals surface area contributed by atoms with E-state index < -0.39 is 29.0 Å². The highest BCUT2D eigenvalue weighted by Crippen LogP contribution is 2.29. The molecule has 0 unspecified atom stereocenters. The zero-order chi connectivity index (χ0) is 23.6. The van der Waals surface area contributed by atoms with E-state index in [1.54, 1.807) is 0 Å². The highest BCUT2D eigenvalue weighted by Gasteiger charge is 2.46. The summed E-state index contributed by atoms with van der Waals surface area (Å²) in [4.78, 5) is 53.0. The van der Waals surface area contributed by atoms with E-state index in [1.165, 1.54) is 34.1 Å². The molecule has 4 atom stereocenters. The number of non-ortho nitro benzene ring substituents is 1. The molecule has 0 spiro atoms. The molecule has 32 heavy (non-hydrogen) atoms. The smallest absolute Gasteiger partial charge is 0.410 e. The van der Waals surface area contributed by atoms with Crippen LogP contribution in [-0.4, -0.2) is 88.1 Å². The van der Waals surface area contributed by atoms with Gasteiger partial charge in [0.25, 0.3) is 5.69 Å². The lowest BCUT2D eigenvalue weighted by Gasteiger charge is -2.30. The number of amides is 3. The van der Waals surface area contributed by atoms with Crippen molar-refractivity contribution in [3.8, 4) is 0 Å². The van der Waals surface area contributed by atoms with Gasteiger partial charge in [0.1, 0.15) is 18.7 Å². The summed E-state index contributed by atoms with van der Waals surface area (Å²) in [5, 5.41) is 10.5. The second kappa shape index (κ2) is 9.74. The molecule has 11 nitrogen and oxygen atoms in total. The molecule has 3 amide bonds. The Morgan fingerprint density at radius 2 is 1.81 bits per heavy atom. The first-order chi connectivity index (χ1) is 15.1. The highest BCUT2D eigenvalue weighted by atomic mass is 32.1. The number of hydrogen-bond acceptors (Lipinski definition) is 8. The molecule has 2 fully saturated rings. The van der Waals surface area contributed by atoms with E-state index in [9.17, 15) is 24.5 Å². The molecule has 0 bridgehead atoms. The van der Waals surface area contributed by atoms with E-state index in [-0.39, 0.29) is 36.0 Å². The van der Waals surface area contributed by atoms with Crippen LogP contribution in [0.5, 0.6) is 0 Å². The third-order valence-electron chi connectivity index (χ3n) is 5.93. The number of nitrogens with two attached hydrogens (primary N) is 1. The molecule has 0 radical (unpaired) electrons. The standard InChI is InChI=1S/C20H27N5O6S/c1-22(2)14-7-16(18(21)26)23(9-14)19(27)17-8-15(32)10-24(17)20(28)31-11-12-3-5-13(6-4-12)25(29)30/h3-6,14-17,32H,7-11H2,1-2H3,(H2,21,26)/t14-,15-,16-,17-/m0/s1. The van der Waals surface area contributed by atoms with Gasteiger partial charge in [-0.05, 0) is 44.6 Å². The number of benzene rings is 1. The number of primary amides is 1. The third kappa shape index (κ3) is 5.13. The first-order valence-corrected chi connectivity index (χ1v) is 10.7. The van der Waals surface area contributed by atoms with E-state index in [1.807, 2.05) is 19.0 Å². The summed E-state index contributed by atoms with van der Waals surface area (Å²) >= 11 is 4.44. The van der Waals surface area contributed by atoms with Crippen molar-refractivity contribution in [2.45, 2.75) is 42.8 Å². The number of nitro benzene ring substituents is 1. The maximum atomic E-state index is 13.3. The van der Waals surface area contributed by atoms with Crippen LogP contribution in [0.1, 0.15) is 18.4 Å². The van der Waals surface area contributed by atoms with Gasteiger partial charge in [0.15, 0.2) is 0 Å². The van der Waals surface area contributed by atoms with Gasteiger partial charge in [-0.3, -0.25) is 24.6 Å². The van der Waals surface area contributed by atoms with Crippen LogP contribution in [0.2, 0.25) is 0 Å². The number of likely N-dealkylation sites (tertiary alicyclic amines) is 2. The van der Waals surface area contributed by atoms with Crippen molar-refractivity contribution in [1.82, 2.24) is 14.7 Å². The lowest BCUT2D eigenvalue weighted by Crippen LogP contribution is -2.52. The molecule has 1 aromatic carbocycles. The molecule has 12 heteroatoms. The largest absolute Gasteiger partial charge is 0.445 e. The summed E-state index contributed by atoms with van der Waals surface area (Å²) in [6.07, 6.45) is 0.0935. The zero-order valence-corrected chi connectivity index (χ0v) is 18.8. The van der Waals surface area contributed by atoms with Crippen LogP contribution in [0.4, 0.5) is 10.5 Å². The predicted octanol–water partition coefficient (Wildman–Crippen LogP) is 0.621. The van der Waals surface area contributed by atoms with Crippen molar-refractivity contribution in [2.24, 2.45) is 5.73 Å². The van der Waals surface area contributed by atoms with Gasteiger partial charge in [-0.25, -0.2) is 4.79 Å². The Morgan fingerprint density at radius 1 is 1.16 bits per heavy atom. The summed E-state index contributed by atoms with van der Waals surface area (Å²) in [6.45, 7) is 0.478. The minimum atomic E-state index is -0.801. The van der Waals surface area contributed by atoms with Gasteiger partial charge in [-0.15, -0.1) is 0 Å². The molecular weight excluding hydrogens is 438 g/mol. The summed E-state index contributed by atoms with van der Waals surface area (Å²) in [7, 11) is 3.75. The molecule has 2 saturated heterocycles. The molecule has 0 saturated carbocycles. The number of nitrogens with zero attached hydrogens (tertiary/aromatic N) is 4. The van der Waals surface area contributed by atoms with Crippen LogP contribution in [0, 0.1) is 10.1 Å². The molecule has 3 rings (SSSR count). The monoisotopic (exact) mass is 465 g/mol. The minimum Gasteiger partial charge on any atom is -0.445 e. The Morgan fingerprint density at radius 3 is 2.38 bits per heavy atom. The molecule has 0 aromatic heterocycles. The highest BCUT2D eigenvalue weighted by molar-refractivity contribution is 7.81. The lowest BCUT2D eigenvalue weighted by atomic mass is 10.1. The van der Waals surface area contributed by atoms with Gasteiger partial charge < -0.3 is 20.3 Å². The average Bonchev–Trinajstić information content (AvgIpc) is 3.36. The molecule has 1 aromatic rings. The molecular formula is C20H27N5O6S. The number of nitro groups is 1. The Kier molecular flexibility index (Phi) is 7.24. The van der Waals surface area contributed by atoms with Gasteiger partial charge in [0.2, 0.25) is 11.8 Å². The molecule has 174 valence electrons. The summed E-state index contributed by atoms with van der Waals surface area (Å²) in [6, 6.07) is 4.12. The van der Waals surface area contributed by atoms with Gasteiger partial charge >= 0.3 is 6.09 Å². The van der Waals surface area contributed by atoms with Crippen molar-refractivity contribution < 1.29 is 24.0 Å². The second-order valence-corrected chi connectivity index (χ2v) is 9.03. The Bertz CT molecular complexity index is 895. The fraction of sp³-hybridized carbons (Fsp3) is 0.550. The maximum Gasteiger partial charge on any atom is 0.410 e. The normalized spacial score (nSPS) is 25.2. The fourth-order valence-electron chi connectivity index (χ4n) is 4.08. The number of ether oxygens (including phenoxy) is 1. The Hall–Kier alpha value is -2.86. The van der Waals surface area contributed by atoms with Crippen molar-refractivity contribution >= 4 is 36.2 Å². The van der Waals surface area contributed by atoms with Crippen LogP contribution >= 0.6 is 12.6 Å². The van der Waals surface area contributed by atoms with Crippen molar-refractivity contribution in [2.75, 3.05) is 27.2 Å². The van der Waals surface area contributed by atoms with Crippen LogP contribution in [-0.2, 0) is 20.9 Å². The van der Waals surface area contributed by atoms with Gasteiger partial charge in [0.05, 0.1) is 4.92 Å². The topological polar surface area (TPSA) is 139 Å². The van der Waals surface area contributed by atoms with Crippen molar-refractivity contribution in [3.05, 3.63) is 39.9 Å². The van der Waals surface area contributed by atoms with Gasteiger partial charge in [-0.1, -0.05) is 0 Å². The molecule has 2 aliphatic heterocycles. The molecule has 0 aliphatic carbocycles. The summed E-state index contributed by atoms with van der Waals surface area (Å²) < 4.78 is 5.35. The van der Waals surface area contributed by atoms with Gasteiger partial charge in [-0.2, -0.15) is 12.6 Å². The van der Waals surface area contributed by atoms with E-state index in [0.29, 0.717) is 24.9 Å². The first-order valence-electron chi connectivity index (χ1n) is 10.2. The number of likely N-dealkylation sites (N-methyl/N-ethyl adjacent to an activating group) is 1. The van der Waals surface area contributed by atoms with E-state index in [0.717, 1.165) is 0 Å². The minimum absolute atomic E-state index is 0.00723. The Balaban J connectivity index is 1.68. The molecule has 2 aliphatic rings. The van der Waals surface area contributed by atoms with Crippen LogP contribution in [0.25, 0.3) is 0 Å². The summed E-state index contributed by atoms with van der Waals surface area (Å²) in [5.41, 5.74) is 6.05. The predicted molar refractivity (Wildman–Crippen MR) is 118 cm³/mol. The van der Waals surface area contributed by atoms with E-state index in [4.69, 9.17) is 10.5 Å². The number of thiol groups is 1. The molecule has 2 N–H and O–H groups in total. The first kappa shape index (κ1) is 23.8. The van der Waals surface area contributed by atoms with E-state index in [2.05, 4.69) is 12.6 Å². The zero-order valence-electron chi connectivity index (χ0n) is 17.9. The third-order valence-corrected chi connectivity index (χ3v) is 6.30. The molecule has 2 heterocycles. The lowest BCUT2D eigenvalue weighted by molar-refractivity contribution is -0.384. The van der Waals surface area contributed by atoms with Crippen LogP contribution < -0.4 is 5.73 Å². The second-order valence-electron chi connectivity index (χ2n) is 8.30. The quantitative estimate of drug-likeness (QED) is 0.357. The number of hydrogen-bond donors (Lipinski definition) is 2. The number of rotatable bonds is 6. The van der Waals surface area contributed by atoms with E-state index >= 15 is 0 Å².